The van der Waals surface area contributed by atoms with Crippen LogP contribution in [0.3, 0.4) is 0 Å². The van der Waals surface area contributed by atoms with Crippen LogP contribution < -0.4 is 15.7 Å². The summed E-state index contributed by atoms with van der Waals surface area (Å²) in [5.41, 5.74) is 3.14. The number of hydrogen-bond acceptors (Lipinski definition) is 3. The highest BCUT2D eigenvalue weighted by atomic mass is 16.5. The molecule has 1 aliphatic rings. The molecule has 0 aliphatic heterocycles. The fourth-order valence-electron chi connectivity index (χ4n) is 3.39. The molecule has 1 aromatic heterocycles. The van der Waals surface area contributed by atoms with Gasteiger partial charge in [-0.1, -0.05) is 24.3 Å². The molecule has 0 bridgehead atoms. The SMILES string of the molecule is COc1ccc(-n2[nH]c3c(c(=O)c2=O)CCCc2ccccc2-3)cc1. The molecule has 25 heavy (non-hydrogen) atoms. The Labute approximate surface area is 144 Å². The monoisotopic (exact) mass is 334 g/mol. The van der Waals surface area contributed by atoms with Crippen molar-refractivity contribution in [1.29, 1.82) is 0 Å². The van der Waals surface area contributed by atoms with Crippen molar-refractivity contribution in [1.82, 2.24) is 9.78 Å². The van der Waals surface area contributed by atoms with Crippen LogP contribution in [0.4, 0.5) is 0 Å². The van der Waals surface area contributed by atoms with Gasteiger partial charge in [0, 0.05) is 11.1 Å². The zero-order chi connectivity index (χ0) is 17.4. The first-order valence-electron chi connectivity index (χ1n) is 8.30. The van der Waals surface area contributed by atoms with Crippen LogP contribution in [0.5, 0.6) is 5.75 Å². The molecule has 3 aromatic rings. The molecule has 2 aromatic carbocycles. The lowest BCUT2D eigenvalue weighted by molar-refractivity contribution is 0.414. The Bertz CT molecular complexity index is 1050. The Morgan fingerprint density at radius 3 is 2.52 bits per heavy atom. The number of aromatic nitrogens is 2. The van der Waals surface area contributed by atoms with Crippen LogP contribution in [0.15, 0.2) is 58.1 Å². The van der Waals surface area contributed by atoms with Gasteiger partial charge in [0.05, 0.1) is 18.5 Å². The van der Waals surface area contributed by atoms with Crippen LogP contribution >= 0.6 is 0 Å². The molecule has 5 heteroatoms. The number of nitrogens with zero attached hydrogens (tertiary/aromatic N) is 1. The van der Waals surface area contributed by atoms with E-state index in [4.69, 9.17) is 4.74 Å². The molecule has 0 atom stereocenters. The summed E-state index contributed by atoms with van der Waals surface area (Å²) in [5.74, 6) is 0.694. The molecule has 0 spiro atoms. The maximum Gasteiger partial charge on any atom is 0.317 e. The number of aryl methyl sites for hydroxylation is 1. The minimum absolute atomic E-state index is 0.429. The topological polar surface area (TPSA) is 64.1 Å². The van der Waals surface area contributed by atoms with Gasteiger partial charge in [0.15, 0.2) is 0 Å². The molecular formula is C20H18N2O3. The summed E-state index contributed by atoms with van der Waals surface area (Å²) in [6, 6.07) is 15.1. The van der Waals surface area contributed by atoms with E-state index in [1.54, 1.807) is 31.4 Å². The second kappa shape index (κ2) is 6.09. The first kappa shape index (κ1) is 15.4. The molecule has 1 heterocycles. The molecule has 1 N–H and O–H groups in total. The van der Waals surface area contributed by atoms with E-state index in [1.165, 1.54) is 10.2 Å². The number of rotatable bonds is 2. The van der Waals surface area contributed by atoms with E-state index in [-0.39, 0.29) is 0 Å². The van der Waals surface area contributed by atoms with E-state index in [1.807, 2.05) is 18.2 Å². The van der Waals surface area contributed by atoms with Gasteiger partial charge in [0.2, 0.25) is 0 Å². The summed E-state index contributed by atoms with van der Waals surface area (Å²) in [6.45, 7) is 0. The molecule has 5 nitrogen and oxygen atoms in total. The summed E-state index contributed by atoms with van der Waals surface area (Å²) < 4.78 is 6.48. The molecule has 126 valence electrons. The van der Waals surface area contributed by atoms with Gasteiger partial charge in [0.1, 0.15) is 5.75 Å². The number of aromatic amines is 1. The van der Waals surface area contributed by atoms with Gasteiger partial charge in [-0.15, -0.1) is 0 Å². The molecule has 0 saturated carbocycles. The predicted molar refractivity (Wildman–Crippen MR) is 96.7 cm³/mol. The van der Waals surface area contributed by atoms with Crippen LogP contribution in [0.1, 0.15) is 17.5 Å². The van der Waals surface area contributed by atoms with Crippen molar-refractivity contribution in [3.8, 4) is 22.7 Å². The van der Waals surface area contributed by atoms with Crippen LogP contribution in [0.25, 0.3) is 16.9 Å². The average molecular weight is 334 g/mol. The molecule has 0 unspecified atom stereocenters. The molecule has 0 radical (unpaired) electrons. The lowest BCUT2D eigenvalue weighted by atomic mass is 10.0. The van der Waals surface area contributed by atoms with Crippen molar-refractivity contribution in [3.05, 3.63) is 80.2 Å². The van der Waals surface area contributed by atoms with Crippen molar-refractivity contribution >= 4 is 0 Å². The average Bonchev–Trinajstić information content (AvgIpc) is 2.84. The number of fused-ring (bicyclic) bond motifs is 3. The fourth-order valence-corrected chi connectivity index (χ4v) is 3.39. The Balaban J connectivity index is 1.98. The van der Waals surface area contributed by atoms with Crippen LogP contribution in [0.2, 0.25) is 0 Å². The van der Waals surface area contributed by atoms with Gasteiger partial charge in [0.25, 0.3) is 5.43 Å². The molecule has 0 amide bonds. The fraction of sp³-hybridized carbons (Fsp3) is 0.200. The van der Waals surface area contributed by atoms with Crippen molar-refractivity contribution in [2.75, 3.05) is 7.11 Å². The number of methoxy groups -OCH3 is 1. The Morgan fingerprint density at radius 1 is 1.00 bits per heavy atom. The quantitative estimate of drug-likeness (QED) is 0.733. The number of nitrogens with one attached hydrogen (secondary N) is 1. The highest BCUT2D eigenvalue weighted by molar-refractivity contribution is 5.67. The third-order valence-electron chi connectivity index (χ3n) is 4.69. The predicted octanol–water partition coefficient (Wildman–Crippen LogP) is 2.69. The Hall–Kier alpha value is -3.08. The molecule has 4 rings (SSSR count). The molecule has 0 fully saturated rings. The first-order valence-corrected chi connectivity index (χ1v) is 8.30. The molecule has 1 aliphatic carbocycles. The smallest absolute Gasteiger partial charge is 0.317 e. The standard InChI is InChI=1S/C20H18N2O3/c1-25-15-11-9-14(10-12-15)22-20(24)19(23)17-8-4-6-13-5-2-3-7-16(13)18(17)21-22/h2-3,5,7,9-12,21H,4,6,8H2,1H3. The first-order chi connectivity index (χ1) is 12.2. The van der Waals surface area contributed by atoms with Crippen molar-refractivity contribution in [2.24, 2.45) is 0 Å². The maximum atomic E-state index is 12.7. The van der Waals surface area contributed by atoms with E-state index >= 15 is 0 Å². The van der Waals surface area contributed by atoms with Crippen LogP contribution in [0, 0.1) is 0 Å². The van der Waals surface area contributed by atoms with E-state index in [0.29, 0.717) is 23.4 Å². The van der Waals surface area contributed by atoms with E-state index < -0.39 is 11.0 Å². The van der Waals surface area contributed by atoms with Crippen molar-refractivity contribution in [3.63, 3.8) is 0 Å². The van der Waals surface area contributed by atoms with Gasteiger partial charge in [-0.05, 0) is 49.1 Å². The Kier molecular flexibility index (Phi) is 3.76. The van der Waals surface area contributed by atoms with E-state index in [0.717, 1.165) is 24.1 Å². The van der Waals surface area contributed by atoms with Gasteiger partial charge in [-0.2, -0.15) is 0 Å². The summed E-state index contributed by atoms with van der Waals surface area (Å²) in [7, 11) is 1.59. The third-order valence-corrected chi connectivity index (χ3v) is 4.69. The summed E-state index contributed by atoms with van der Waals surface area (Å²) in [4.78, 5) is 25.3. The van der Waals surface area contributed by atoms with Gasteiger partial charge in [-0.25, -0.2) is 4.68 Å². The summed E-state index contributed by atoms with van der Waals surface area (Å²) >= 11 is 0. The zero-order valence-electron chi connectivity index (χ0n) is 13.9. The lowest BCUT2D eigenvalue weighted by Crippen LogP contribution is -2.38. The Morgan fingerprint density at radius 2 is 1.76 bits per heavy atom. The minimum atomic E-state index is -0.553. The third kappa shape index (κ3) is 2.58. The summed E-state index contributed by atoms with van der Waals surface area (Å²) in [6.07, 6.45) is 2.37. The normalized spacial score (nSPS) is 12.8. The van der Waals surface area contributed by atoms with Gasteiger partial charge < -0.3 is 4.74 Å². The maximum absolute atomic E-state index is 12.7. The van der Waals surface area contributed by atoms with Gasteiger partial charge >= 0.3 is 5.56 Å². The van der Waals surface area contributed by atoms with Crippen LogP contribution in [-0.4, -0.2) is 16.9 Å². The highest BCUT2D eigenvalue weighted by Crippen LogP contribution is 2.28. The highest BCUT2D eigenvalue weighted by Gasteiger charge is 2.20. The number of benzene rings is 2. The van der Waals surface area contributed by atoms with E-state index in [9.17, 15) is 9.59 Å². The number of ether oxygens (including phenoxy) is 1. The minimum Gasteiger partial charge on any atom is -0.497 e. The van der Waals surface area contributed by atoms with Crippen molar-refractivity contribution < 1.29 is 4.74 Å². The number of H-pyrrole nitrogens is 1. The molecular weight excluding hydrogens is 316 g/mol. The second-order valence-corrected chi connectivity index (χ2v) is 6.14. The van der Waals surface area contributed by atoms with Gasteiger partial charge in [-0.3, -0.25) is 14.7 Å². The number of hydrogen-bond donors (Lipinski definition) is 1. The lowest BCUT2D eigenvalue weighted by Gasteiger charge is -2.13. The largest absolute Gasteiger partial charge is 0.497 e. The molecule has 0 saturated heterocycles. The second-order valence-electron chi connectivity index (χ2n) is 6.14. The van der Waals surface area contributed by atoms with E-state index in [2.05, 4.69) is 11.2 Å². The van der Waals surface area contributed by atoms with Crippen LogP contribution in [-0.2, 0) is 12.8 Å². The van der Waals surface area contributed by atoms with Crippen molar-refractivity contribution in [2.45, 2.75) is 19.3 Å². The summed E-state index contributed by atoms with van der Waals surface area (Å²) in [5, 5.41) is 3.19. The zero-order valence-corrected chi connectivity index (χ0v) is 13.9.